The number of rotatable bonds is 0. The van der Waals surface area contributed by atoms with Gasteiger partial charge in [0.05, 0.1) is 18.8 Å². The Morgan fingerprint density at radius 2 is 2.17 bits per heavy atom. The Kier molecular flexibility index (Phi) is 3.80. The summed E-state index contributed by atoms with van der Waals surface area (Å²) in [6, 6.07) is 0. The zero-order chi connectivity index (χ0) is 8.48. The van der Waals surface area contributed by atoms with Crippen molar-refractivity contribution in [2.75, 3.05) is 19.7 Å². The molecule has 0 unspecified atom stereocenters. The van der Waals surface area contributed by atoms with Gasteiger partial charge in [-0.3, -0.25) is 0 Å². The van der Waals surface area contributed by atoms with E-state index in [-0.39, 0.29) is 18.0 Å². The van der Waals surface area contributed by atoms with E-state index in [1.54, 1.807) is 0 Å². The summed E-state index contributed by atoms with van der Waals surface area (Å²) in [7, 11) is 0. The largest absolute Gasteiger partial charge is 0.465 e. The number of hydrogen-bond acceptors (Lipinski definition) is 2. The molecule has 1 rings (SSSR count). The van der Waals surface area contributed by atoms with Gasteiger partial charge in [0, 0.05) is 6.54 Å². The lowest BCUT2D eigenvalue weighted by atomic mass is 10.1. The minimum Gasteiger partial charge on any atom is -0.465 e. The molecule has 1 aliphatic heterocycles. The first-order valence-electron chi connectivity index (χ1n) is 3.63. The Morgan fingerprint density at radius 3 is 2.50 bits per heavy atom. The number of carbonyl (C=O) groups is 1. The Morgan fingerprint density at radius 1 is 1.58 bits per heavy atom. The summed E-state index contributed by atoms with van der Waals surface area (Å²) in [5.74, 6) is 0. The lowest BCUT2D eigenvalue weighted by Gasteiger charge is -2.36. The molecule has 1 N–H and O–H groups in total. The molecule has 1 saturated heterocycles. The normalized spacial score (nSPS) is 21.3. The summed E-state index contributed by atoms with van der Waals surface area (Å²) in [4.78, 5) is 11.9. The van der Waals surface area contributed by atoms with Crippen LogP contribution in [0.5, 0.6) is 0 Å². The summed E-state index contributed by atoms with van der Waals surface area (Å²) in [6.45, 7) is 5.23. The molecule has 4 nitrogen and oxygen atoms in total. The highest BCUT2D eigenvalue weighted by Crippen LogP contribution is 2.15. The highest BCUT2D eigenvalue weighted by atomic mass is 35.5. The number of nitrogens with zero attached hydrogens (tertiary/aromatic N) is 1. The summed E-state index contributed by atoms with van der Waals surface area (Å²) < 4.78 is 5.34. The Labute approximate surface area is 77.9 Å². The van der Waals surface area contributed by atoms with Gasteiger partial charge in [-0.1, -0.05) is 0 Å². The van der Waals surface area contributed by atoms with Crippen molar-refractivity contribution in [3.05, 3.63) is 0 Å². The van der Waals surface area contributed by atoms with Crippen molar-refractivity contribution in [2.24, 2.45) is 0 Å². The molecule has 0 aliphatic carbocycles. The molecule has 1 aliphatic rings. The van der Waals surface area contributed by atoms with Crippen molar-refractivity contribution in [1.29, 1.82) is 0 Å². The van der Waals surface area contributed by atoms with Crippen LogP contribution in [0.15, 0.2) is 0 Å². The fraction of sp³-hybridized carbons (Fsp3) is 0.857. The molecule has 1 fully saturated rings. The molecule has 0 aromatic carbocycles. The van der Waals surface area contributed by atoms with Gasteiger partial charge in [0.15, 0.2) is 0 Å². The molecule has 0 radical (unpaired) electrons. The van der Waals surface area contributed by atoms with Gasteiger partial charge >= 0.3 is 6.09 Å². The Balaban J connectivity index is 0.00000121. The predicted octanol–water partition coefficient (Wildman–Crippen LogP) is 1.20. The van der Waals surface area contributed by atoms with Gasteiger partial charge in [-0.2, -0.15) is 0 Å². The first-order chi connectivity index (χ1) is 5.01. The maximum absolute atomic E-state index is 10.5. The van der Waals surface area contributed by atoms with Gasteiger partial charge < -0.3 is 14.7 Å². The first kappa shape index (κ1) is 11.5. The van der Waals surface area contributed by atoms with Crippen molar-refractivity contribution in [3.8, 4) is 0 Å². The van der Waals surface area contributed by atoms with Crippen molar-refractivity contribution in [1.82, 2.24) is 4.90 Å². The van der Waals surface area contributed by atoms with E-state index in [1.807, 2.05) is 13.8 Å². The number of amides is 1. The van der Waals surface area contributed by atoms with Crippen LogP contribution in [-0.2, 0) is 4.74 Å². The first-order valence-corrected chi connectivity index (χ1v) is 3.63. The molecule has 1 amide bonds. The van der Waals surface area contributed by atoms with Crippen LogP contribution in [0.25, 0.3) is 0 Å². The van der Waals surface area contributed by atoms with E-state index in [1.165, 1.54) is 4.90 Å². The number of ether oxygens (including phenoxy) is 1. The van der Waals surface area contributed by atoms with E-state index >= 15 is 0 Å². The second-order valence-corrected chi connectivity index (χ2v) is 3.31. The number of halogens is 1. The molecule has 72 valence electrons. The molecule has 0 bridgehead atoms. The van der Waals surface area contributed by atoms with Crippen molar-refractivity contribution in [3.63, 3.8) is 0 Å². The minimum atomic E-state index is -0.860. The maximum Gasteiger partial charge on any atom is 0.407 e. The van der Waals surface area contributed by atoms with E-state index in [2.05, 4.69) is 0 Å². The molecule has 0 saturated carbocycles. The summed E-state index contributed by atoms with van der Waals surface area (Å²) in [5, 5.41) is 8.64. The third-order valence-electron chi connectivity index (χ3n) is 1.70. The lowest BCUT2D eigenvalue weighted by Crippen LogP contribution is -2.50. The quantitative estimate of drug-likeness (QED) is 0.632. The topological polar surface area (TPSA) is 49.8 Å². The second kappa shape index (κ2) is 3.96. The van der Waals surface area contributed by atoms with Crippen LogP contribution >= 0.6 is 12.4 Å². The maximum atomic E-state index is 10.5. The number of hydrogen-bond donors (Lipinski definition) is 1. The third kappa shape index (κ3) is 2.87. The van der Waals surface area contributed by atoms with Crippen LogP contribution in [0, 0.1) is 0 Å². The molecular formula is C7H14ClNO3. The third-order valence-corrected chi connectivity index (χ3v) is 1.70. The highest BCUT2D eigenvalue weighted by Gasteiger charge is 2.29. The van der Waals surface area contributed by atoms with E-state index in [9.17, 15) is 4.79 Å². The fourth-order valence-electron chi connectivity index (χ4n) is 1.18. The van der Waals surface area contributed by atoms with Crippen LogP contribution in [-0.4, -0.2) is 41.4 Å². The second-order valence-electron chi connectivity index (χ2n) is 3.31. The standard InChI is InChI=1S/C7H13NO3.ClH/c1-7(2)5-8(6(9)10)3-4-11-7;/h3-5H2,1-2H3,(H,9,10);1H. The van der Waals surface area contributed by atoms with Gasteiger partial charge in [0.2, 0.25) is 0 Å². The Hall–Kier alpha value is -0.480. The predicted molar refractivity (Wildman–Crippen MR) is 46.9 cm³/mol. The van der Waals surface area contributed by atoms with Crippen molar-refractivity contribution < 1.29 is 14.6 Å². The van der Waals surface area contributed by atoms with Crippen molar-refractivity contribution in [2.45, 2.75) is 19.4 Å². The van der Waals surface area contributed by atoms with E-state index in [0.717, 1.165) is 0 Å². The van der Waals surface area contributed by atoms with Crippen molar-refractivity contribution >= 4 is 18.5 Å². The monoisotopic (exact) mass is 195 g/mol. The number of carboxylic acid groups (broad SMARTS) is 1. The number of morpholine rings is 1. The molecule has 0 aromatic rings. The Bertz CT molecular complexity index is 172. The van der Waals surface area contributed by atoms with E-state index in [0.29, 0.717) is 19.7 Å². The van der Waals surface area contributed by atoms with Crippen LogP contribution in [0.2, 0.25) is 0 Å². The van der Waals surface area contributed by atoms with Crippen LogP contribution in [0.3, 0.4) is 0 Å². The zero-order valence-electron chi connectivity index (χ0n) is 7.24. The average Bonchev–Trinajstić information content (AvgIpc) is 1.85. The minimum absolute atomic E-state index is 0. The van der Waals surface area contributed by atoms with Gasteiger partial charge in [-0.05, 0) is 13.8 Å². The van der Waals surface area contributed by atoms with Gasteiger partial charge in [-0.25, -0.2) is 4.79 Å². The highest BCUT2D eigenvalue weighted by molar-refractivity contribution is 5.85. The molecule has 5 heteroatoms. The van der Waals surface area contributed by atoms with Gasteiger partial charge in [0.25, 0.3) is 0 Å². The van der Waals surface area contributed by atoms with Crippen LogP contribution in [0.4, 0.5) is 4.79 Å². The average molecular weight is 196 g/mol. The van der Waals surface area contributed by atoms with E-state index < -0.39 is 6.09 Å². The SMILES string of the molecule is CC1(C)CN(C(=O)O)CCO1.Cl. The van der Waals surface area contributed by atoms with Gasteiger partial charge in [0.1, 0.15) is 0 Å². The molecule has 0 aromatic heterocycles. The lowest BCUT2D eigenvalue weighted by molar-refractivity contribution is -0.0782. The summed E-state index contributed by atoms with van der Waals surface area (Å²) in [6.07, 6.45) is -0.860. The fourth-order valence-corrected chi connectivity index (χ4v) is 1.18. The molecular weight excluding hydrogens is 182 g/mol. The zero-order valence-corrected chi connectivity index (χ0v) is 8.06. The summed E-state index contributed by atoms with van der Waals surface area (Å²) >= 11 is 0. The molecule has 12 heavy (non-hydrogen) atoms. The summed E-state index contributed by atoms with van der Waals surface area (Å²) in [5.41, 5.74) is -0.323. The van der Waals surface area contributed by atoms with Gasteiger partial charge in [-0.15, -0.1) is 12.4 Å². The van der Waals surface area contributed by atoms with Crippen LogP contribution in [0.1, 0.15) is 13.8 Å². The smallest absolute Gasteiger partial charge is 0.407 e. The van der Waals surface area contributed by atoms with E-state index in [4.69, 9.17) is 9.84 Å². The molecule has 1 heterocycles. The molecule has 0 atom stereocenters. The molecule has 0 spiro atoms. The van der Waals surface area contributed by atoms with Crippen LogP contribution < -0.4 is 0 Å².